The third-order valence-electron chi connectivity index (χ3n) is 2.02. The lowest BCUT2D eigenvalue weighted by Crippen LogP contribution is -2.26. The van der Waals surface area contributed by atoms with Crippen LogP contribution >= 0.6 is 0 Å². The van der Waals surface area contributed by atoms with E-state index in [1.165, 1.54) is 12.8 Å². The molecule has 0 aromatic heterocycles. The van der Waals surface area contributed by atoms with Crippen LogP contribution in [0.25, 0.3) is 0 Å². The Kier molecular flexibility index (Phi) is 4.33. The first kappa shape index (κ1) is 9.75. The molecule has 0 unspecified atom stereocenters. The number of rotatable bonds is 4. The van der Waals surface area contributed by atoms with Crippen molar-refractivity contribution in [3.63, 3.8) is 0 Å². The van der Waals surface area contributed by atoms with Crippen molar-refractivity contribution in [3.8, 4) is 0 Å². The van der Waals surface area contributed by atoms with Crippen LogP contribution in [0.4, 0.5) is 0 Å². The van der Waals surface area contributed by atoms with Gasteiger partial charge in [-0.25, -0.2) is 0 Å². The van der Waals surface area contributed by atoms with Crippen molar-refractivity contribution in [1.29, 1.82) is 0 Å². The van der Waals surface area contributed by atoms with Crippen molar-refractivity contribution in [3.05, 3.63) is 12.7 Å². The summed E-state index contributed by atoms with van der Waals surface area (Å²) in [6, 6.07) is 0. The maximum atomic E-state index is 5.64. The molecule has 2 atom stereocenters. The first-order valence-corrected chi connectivity index (χ1v) is 4.71. The fourth-order valence-electron chi connectivity index (χ4n) is 1.37. The Balaban J connectivity index is 2.15. The van der Waals surface area contributed by atoms with Gasteiger partial charge in [0.2, 0.25) is 0 Å². The summed E-state index contributed by atoms with van der Waals surface area (Å²) in [6.07, 6.45) is 6.51. The van der Waals surface area contributed by atoms with E-state index < -0.39 is 0 Å². The van der Waals surface area contributed by atoms with Crippen LogP contribution in [0.2, 0.25) is 0 Å². The minimum absolute atomic E-state index is 0.0358. The number of hydrogen-bond acceptors (Lipinski definition) is 2. The SMILES string of the molecule is C=CC[C@H](C)O[C@H]1CCCCO1. The molecule has 70 valence electrons. The second-order valence-electron chi connectivity index (χ2n) is 3.27. The Morgan fingerprint density at radius 3 is 3.08 bits per heavy atom. The van der Waals surface area contributed by atoms with Crippen molar-refractivity contribution in [2.45, 2.75) is 45.0 Å². The summed E-state index contributed by atoms with van der Waals surface area (Å²) in [5.41, 5.74) is 0. The van der Waals surface area contributed by atoms with Crippen LogP contribution < -0.4 is 0 Å². The highest BCUT2D eigenvalue weighted by Gasteiger charge is 2.16. The van der Waals surface area contributed by atoms with Gasteiger partial charge in [-0.05, 0) is 32.6 Å². The molecule has 1 aliphatic rings. The molecule has 0 saturated carbocycles. The summed E-state index contributed by atoms with van der Waals surface area (Å²) in [5.74, 6) is 0. The van der Waals surface area contributed by atoms with E-state index in [1.807, 2.05) is 6.08 Å². The Labute approximate surface area is 74.6 Å². The summed E-state index contributed by atoms with van der Waals surface area (Å²) in [4.78, 5) is 0. The molecule has 1 saturated heterocycles. The zero-order valence-corrected chi connectivity index (χ0v) is 7.79. The lowest BCUT2D eigenvalue weighted by Gasteiger charge is -2.25. The van der Waals surface area contributed by atoms with Crippen LogP contribution in [0.1, 0.15) is 32.6 Å². The van der Waals surface area contributed by atoms with Gasteiger partial charge in [0.1, 0.15) is 0 Å². The van der Waals surface area contributed by atoms with E-state index in [9.17, 15) is 0 Å². The smallest absolute Gasteiger partial charge is 0.157 e. The zero-order valence-electron chi connectivity index (χ0n) is 7.79. The average Bonchev–Trinajstić information content (AvgIpc) is 2.06. The normalized spacial score (nSPS) is 26.6. The van der Waals surface area contributed by atoms with Crippen LogP contribution in [0.5, 0.6) is 0 Å². The molecule has 12 heavy (non-hydrogen) atoms. The minimum Gasteiger partial charge on any atom is -0.353 e. The van der Waals surface area contributed by atoms with Crippen molar-refractivity contribution in [1.82, 2.24) is 0 Å². The first-order chi connectivity index (χ1) is 5.83. The van der Waals surface area contributed by atoms with Gasteiger partial charge in [-0.3, -0.25) is 0 Å². The van der Waals surface area contributed by atoms with Crippen molar-refractivity contribution in [2.75, 3.05) is 6.61 Å². The maximum absolute atomic E-state index is 5.64. The minimum atomic E-state index is 0.0358. The van der Waals surface area contributed by atoms with Crippen LogP contribution in [-0.2, 0) is 9.47 Å². The molecule has 1 rings (SSSR count). The van der Waals surface area contributed by atoms with Gasteiger partial charge in [0.15, 0.2) is 6.29 Å². The Bertz CT molecular complexity index is 128. The highest BCUT2D eigenvalue weighted by atomic mass is 16.7. The summed E-state index contributed by atoms with van der Waals surface area (Å²) >= 11 is 0. The van der Waals surface area contributed by atoms with E-state index in [0.29, 0.717) is 0 Å². The Morgan fingerprint density at radius 2 is 2.50 bits per heavy atom. The molecule has 1 aliphatic heterocycles. The molecule has 2 heteroatoms. The van der Waals surface area contributed by atoms with E-state index in [0.717, 1.165) is 19.4 Å². The Morgan fingerprint density at radius 1 is 1.67 bits per heavy atom. The van der Waals surface area contributed by atoms with E-state index >= 15 is 0 Å². The molecule has 0 aliphatic carbocycles. The fraction of sp³-hybridized carbons (Fsp3) is 0.800. The molecule has 0 spiro atoms. The second-order valence-corrected chi connectivity index (χ2v) is 3.27. The van der Waals surface area contributed by atoms with Crippen molar-refractivity contribution in [2.24, 2.45) is 0 Å². The molecule has 0 aromatic rings. The van der Waals surface area contributed by atoms with E-state index in [-0.39, 0.29) is 12.4 Å². The van der Waals surface area contributed by atoms with Gasteiger partial charge in [0, 0.05) is 6.61 Å². The summed E-state index contributed by atoms with van der Waals surface area (Å²) in [6.45, 7) is 6.58. The van der Waals surface area contributed by atoms with E-state index in [1.54, 1.807) is 0 Å². The van der Waals surface area contributed by atoms with Gasteiger partial charge in [-0.2, -0.15) is 0 Å². The highest BCUT2D eigenvalue weighted by molar-refractivity contribution is 4.71. The molecular weight excluding hydrogens is 152 g/mol. The van der Waals surface area contributed by atoms with E-state index in [2.05, 4.69) is 13.5 Å². The van der Waals surface area contributed by atoms with Crippen LogP contribution in [0.3, 0.4) is 0 Å². The molecule has 0 bridgehead atoms. The van der Waals surface area contributed by atoms with Gasteiger partial charge >= 0.3 is 0 Å². The predicted octanol–water partition coefficient (Wildman–Crippen LogP) is 2.49. The quantitative estimate of drug-likeness (QED) is 0.603. The molecule has 1 heterocycles. The predicted molar refractivity (Wildman–Crippen MR) is 49.0 cm³/mol. The van der Waals surface area contributed by atoms with E-state index in [4.69, 9.17) is 9.47 Å². The zero-order chi connectivity index (χ0) is 8.81. The standard InChI is InChI=1S/C10H18O2/c1-3-6-9(2)12-10-7-4-5-8-11-10/h3,9-10H,1,4-8H2,2H3/t9-,10-/m0/s1. The molecule has 0 radical (unpaired) electrons. The molecule has 2 nitrogen and oxygen atoms in total. The topological polar surface area (TPSA) is 18.5 Å². The van der Waals surface area contributed by atoms with Crippen molar-refractivity contribution >= 4 is 0 Å². The summed E-state index contributed by atoms with van der Waals surface area (Å²) in [5, 5.41) is 0. The Hall–Kier alpha value is -0.340. The monoisotopic (exact) mass is 170 g/mol. The van der Waals surface area contributed by atoms with Gasteiger partial charge in [0.05, 0.1) is 6.10 Å². The van der Waals surface area contributed by atoms with Gasteiger partial charge in [0.25, 0.3) is 0 Å². The summed E-state index contributed by atoms with van der Waals surface area (Å²) < 4.78 is 11.1. The van der Waals surface area contributed by atoms with Crippen LogP contribution in [0, 0.1) is 0 Å². The highest BCUT2D eigenvalue weighted by Crippen LogP contribution is 2.16. The third-order valence-corrected chi connectivity index (χ3v) is 2.02. The van der Waals surface area contributed by atoms with Crippen LogP contribution in [0.15, 0.2) is 12.7 Å². The third kappa shape index (κ3) is 3.37. The lowest BCUT2D eigenvalue weighted by atomic mass is 10.2. The summed E-state index contributed by atoms with van der Waals surface area (Å²) in [7, 11) is 0. The van der Waals surface area contributed by atoms with Crippen molar-refractivity contribution < 1.29 is 9.47 Å². The van der Waals surface area contributed by atoms with Crippen LogP contribution in [-0.4, -0.2) is 19.0 Å². The molecule has 0 amide bonds. The van der Waals surface area contributed by atoms with Gasteiger partial charge in [-0.1, -0.05) is 6.08 Å². The number of ether oxygens (including phenoxy) is 2. The fourth-order valence-corrected chi connectivity index (χ4v) is 1.37. The lowest BCUT2D eigenvalue weighted by molar-refractivity contribution is -0.183. The number of hydrogen-bond donors (Lipinski definition) is 0. The van der Waals surface area contributed by atoms with Gasteiger partial charge in [-0.15, -0.1) is 6.58 Å². The largest absolute Gasteiger partial charge is 0.353 e. The average molecular weight is 170 g/mol. The molecule has 0 aromatic carbocycles. The molecular formula is C10H18O2. The molecule has 0 N–H and O–H groups in total. The molecule has 1 fully saturated rings. The second kappa shape index (κ2) is 5.33. The van der Waals surface area contributed by atoms with Gasteiger partial charge < -0.3 is 9.47 Å². The maximum Gasteiger partial charge on any atom is 0.157 e. The first-order valence-electron chi connectivity index (χ1n) is 4.71.